The van der Waals surface area contributed by atoms with E-state index in [9.17, 15) is 18.9 Å². The standard InChI is InChI=1S/C24H20N2O3S/c1-2-3-13-29-22-11-9-19(10-12-22)24-15-20(21(16-25)17-26)14-23(30(24,27)28)18-7-5-4-6-8-18/h4-12,14-15H,2-3,13H2,1H3. The molecule has 0 aliphatic carbocycles. The largest absolute Gasteiger partial charge is 0.494 e. The van der Waals surface area contributed by atoms with E-state index in [1.165, 1.54) is 12.2 Å². The fourth-order valence-corrected chi connectivity index (χ4v) is 4.72. The average Bonchev–Trinajstić information content (AvgIpc) is 2.76. The van der Waals surface area contributed by atoms with E-state index in [2.05, 4.69) is 6.92 Å². The van der Waals surface area contributed by atoms with Gasteiger partial charge in [0.25, 0.3) is 0 Å². The number of rotatable bonds is 6. The number of unbranched alkanes of at least 4 members (excludes halogenated alkanes) is 1. The summed E-state index contributed by atoms with van der Waals surface area (Å²) in [6.45, 7) is 2.67. The average molecular weight is 417 g/mol. The molecule has 30 heavy (non-hydrogen) atoms. The van der Waals surface area contributed by atoms with Crippen molar-refractivity contribution in [1.29, 1.82) is 10.5 Å². The zero-order valence-corrected chi connectivity index (χ0v) is 17.3. The Morgan fingerprint density at radius 3 is 2.00 bits per heavy atom. The lowest BCUT2D eigenvalue weighted by molar-refractivity contribution is 0.309. The van der Waals surface area contributed by atoms with Crippen LogP contribution in [0.2, 0.25) is 0 Å². The molecule has 0 unspecified atom stereocenters. The highest BCUT2D eigenvalue weighted by atomic mass is 32.2. The molecule has 0 fully saturated rings. The van der Waals surface area contributed by atoms with Gasteiger partial charge in [-0.05, 0) is 54.0 Å². The first-order valence-corrected chi connectivity index (χ1v) is 11.0. The highest BCUT2D eigenvalue weighted by Crippen LogP contribution is 2.39. The lowest BCUT2D eigenvalue weighted by Gasteiger charge is -2.18. The molecular formula is C24H20N2O3S. The van der Waals surface area contributed by atoms with Gasteiger partial charge >= 0.3 is 0 Å². The van der Waals surface area contributed by atoms with E-state index >= 15 is 0 Å². The maximum atomic E-state index is 13.4. The van der Waals surface area contributed by atoms with Crippen molar-refractivity contribution in [1.82, 2.24) is 0 Å². The molecule has 150 valence electrons. The fraction of sp³-hybridized carbons (Fsp3) is 0.167. The van der Waals surface area contributed by atoms with E-state index in [4.69, 9.17) is 4.74 Å². The van der Waals surface area contributed by atoms with Crippen molar-refractivity contribution in [3.63, 3.8) is 0 Å². The number of ether oxygens (including phenoxy) is 1. The van der Waals surface area contributed by atoms with Crippen LogP contribution in [-0.2, 0) is 9.84 Å². The molecular weight excluding hydrogens is 396 g/mol. The van der Waals surface area contributed by atoms with Crippen LogP contribution in [0.1, 0.15) is 30.9 Å². The molecule has 1 aliphatic heterocycles. The van der Waals surface area contributed by atoms with Gasteiger partial charge in [-0.15, -0.1) is 0 Å². The van der Waals surface area contributed by atoms with Crippen molar-refractivity contribution in [3.8, 4) is 17.9 Å². The molecule has 0 saturated heterocycles. The summed E-state index contributed by atoms with van der Waals surface area (Å²) < 4.78 is 32.4. The molecule has 0 amide bonds. The van der Waals surface area contributed by atoms with Crippen LogP contribution in [0.25, 0.3) is 9.81 Å². The van der Waals surface area contributed by atoms with Crippen molar-refractivity contribution < 1.29 is 13.2 Å². The summed E-state index contributed by atoms with van der Waals surface area (Å²) in [7, 11) is -3.86. The van der Waals surface area contributed by atoms with Gasteiger partial charge in [0.1, 0.15) is 23.5 Å². The third-order valence-corrected chi connectivity index (χ3v) is 6.49. The third kappa shape index (κ3) is 4.35. The molecule has 2 aromatic carbocycles. The van der Waals surface area contributed by atoms with E-state index in [0.29, 0.717) is 23.5 Å². The Morgan fingerprint density at radius 2 is 1.47 bits per heavy atom. The van der Waals surface area contributed by atoms with Gasteiger partial charge in [-0.2, -0.15) is 10.5 Å². The number of hydrogen-bond acceptors (Lipinski definition) is 5. The molecule has 0 N–H and O–H groups in total. The van der Waals surface area contributed by atoms with E-state index in [1.807, 2.05) is 12.1 Å². The molecule has 0 bridgehead atoms. The van der Waals surface area contributed by atoms with Crippen LogP contribution in [0.3, 0.4) is 0 Å². The number of nitriles is 2. The molecule has 0 radical (unpaired) electrons. The second-order valence-electron chi connectivity index (χ2n) is 6.67. The summed E-state index contributed by atoms with van der Waals surface area (Å²) in [6, 6.07) is 19.1. The van der Waals surface area contributed by atoms with Crippen molar-refractivity contribution in [3.05, 3.63) is 89.0 Å². The maximum absolute atomic E-state index is 13.4. The van der Waals surface area contributed by atoms with Crippen LogP contribution in [0, 0.1) is 22.7 Å². The summed E-state index contributed by atoms with van der Waals surface area (Å²) in [5, 5.41) is 18.6. The van der Waals surface area contributed by atoms with Crippen LogP contribution in [0.4, 0.5) is 0 Å². The predicted molar refractivity (Wildman–Crippen MR) is 116 cm³/mol. The number of benzene rings is 2. The normalized spacial score (nSPS) is 14.7. The van der Waals surface area contributed by atoms with Crippen LogP contribution < -0.4 is 4.74 Å². The summed E-state index contributed by atoms with van der Waals surface area (Å²) >= 11 is 0. The van der Waals surface area contributed by atoms with Gasteiger partial charge in [0.05, 0.1) is 16.4 Å². The SMILES string of the molecule is CCCCOc1ccc(C2=CC(=C(C#N)C#N)C=C(c3ccccc3)S2(=O)=O)cc1. The van der Waals surface area contributed by atoms with E-state index < -0.39 is 9.84 Å². The van der Waals surface area contributed by atoms with Crippen molar-refractivity contribution >= 4 is 19.6 Å². The van der Waals surface area contributed by atoms with Crippen LogP contribution in [0.15, 0.2) is 77.9 Å². The molecule has 6 heteroatoms. The van der Waals surface area contributed by atoms with Crippen LogP contribution in [0.5, 0.6) is 5.75 Å². The lowest BCUT2D eigenvalue weighted by Crippen LogP contribution is -2.11. The lowest BCUT2D eigenvalue weighted by atomic mass is 10.0. The summed E-state index contributed by atoms with van der Waals surface area (Å²) in [5.74, 6) is 0.658. The highest BCUT2D eigenvalue weighted by molar-refractivity contribution is 8.09. The van der Waals surface area contributed by atoms with Gasteiger partial charge in [0, 0.05) is 5.57 Å². The maximum Gasteiger partial charge on any atom is 0.207 e. The van der Waals surface area contributed by atoms with E-state index in [-0.39, 0.29) is 21.0 Å². The Morgan fingerprint density at radius 1 is 0.900 bits per heavy atom. The molecule has 5 nitrogen and oxygen atoms in total. The molecule has 1 heterocycles. The Balaban J connectivity index is 2.10. The fourth-order valence-electron chi connectivity index (χ4n) is 3.03. The van der Waals surface area contributed by atoms with Crippen molar-refractivity contribution in [2.24, 2.45) is 0 Å². The zero-order valence-electron chi connectivity index (χ0n) is 16.5. The molecule has 3 rings (SSSR count). The number of allylic oxidation sites excluding steroid dienone is 4. The first kappa shape index (κ1) is 21.1. The quantitative estimate of drug-likeness (QED) is 0.487. The molecule has 1 aliphatic rings. The highest BCUT2D eigenvalue weighted by Gasteiger charge is 2.30. The molecule has 0 spiro atoms. The first-order valence-electron chi connectivity index (χ1n) is 9.53. The monoisotopic (exact) mass is 416 g/mol. The minimum atomic E-state index is -3.86. The summed E-state index contributed by atoms with van der Waals surface area (Å²) in [5.41, 5.74) is 1.09. The topological polar surface area (TPSA) is 90.9 Å². The number of hydrogen-bond donors (Lipinski definition) is 0. The molecule has 0 aromatic heterocycles. The predicted octanol–water partition coefficient (Wildman–Crippen LogP) is 5.02. The summed E-state index contributed by atoms with van der Waals surface area (Å²) in [6.07, 6.45) is 4.73. The second kappa shape index (κ2) is 9.26. The van der Waals surface area contributed by atoms with Crippen LogP contribution in [-0.4, -0.2) is 15.0 Å². The van der Waals surface area contributed by atoms with Crippen LogP contribution >= 0.6 is 0 Å². The van der Waals surface area contributed by atoms with E-state index in [1.54, 1.807) is 54.6 Å². The third-order valence-electron chi connectivity index (χ3n) is 4.63. The number of sulfone groups is 1. The first-order chi connectivity index (χ1) is 14.5. The van der Waals surface area contributed by atoms with Gasteiger partial charge in [-0.25, -0.2) is 8.42 Å². The smallest absolute Gasteiger partial charge is 0.207 e. The van der Waals surface area contributed by atoms with Crippen molar-refractivity contribution in [2.45, 2.75) is 19.8 Å². The minimum Gasteiger partial charge on any atom is -0.494 e. The Hall–Kier alpha value is -3.61. The molecule has 0 saturated carbocycles. The van der Waals surface area contributed by atoms with E-state index in [0.717, 1.165) is 12.8 Å². The Labute approximate surface area is 176 Å². The van der Waals surface area contributed by atoms with Crippen molar-refractivity contribution in [2.75, 3.05) is 6.61 Å². The van der Waals surface area contributed by atoms with Gasteiger partial charge in [-0.3, -0.25) is 0 Å². The second-order valence-corrected chi connectivity index (χ2v) is 8.55. The molecule has 0 atom stereocenters. The Kier molecular flexibility index (Phi) is 6.51. The Bertz CT molecular complexity index is 1190. The number of nitrogens with zero attached hydrogens (tertiary/aromatic N) is 2. The summed E-state index contributed by atoms with van der Waals surface area (Å²) in [4.78, 5) is 0.101. The van der Waals surface area contributed by atoms with Gasteiger partial charge in [0.2, 0.25) is 9.84 Å². The molecule has 2 aromatic rings. The zero-order chi connectivity index (χ0) is 21.6. The van der Waals surface area contributed by atoms with Gasteiger partial charge in [-0.1, -0.05) is 43.7 Å². The van der Waals surface area contributed by atoms with Gasteiger partial charge in [0.15, 0.2) is 0 Å². The minimum absolute atomic E-state index is 0.0435. The van der Waals surface area contributed by atoms with Gasteiger partial charge < -0.3 is 4.74 Å².